The van der Waals surface area contributed by atoms with E-state index in [2.05, 4.69) is 14.7 Å². The van der Waals surface area contributed by atoms with E-state index in [9.17, 15) is 5.11 Å². The predicted octanol–water partition coefficient (Wildman–Crippen LogP) is 0.567. The predicted molar refractivity (Wildman–Crippen MR) is 75.0 cm³/mol. The molecule has 0 bridgehead atoms. The number of aliphatic hydroxyl groups is 1. The number of thiazole rings is 1. The monoisotopic (exact) mass is 298 g/mol. The van der Waals surface area contributed by atoms with Gasteiger partial charge in [-0.2, -0.15) is 5.90 Å². The molecule has 2 aliphatic rings. The average Bonchev–Trinajstić information content (AvgIpc) is 2.90. The summed E-state index contributed by atoms with van der Waals surface area (Å²) in [5.74, 6) is 4.93. The molecule has 7 nitrogen and oxygen atoms in total. The summed E-state index contributed by atoms with van der Waals surface area (Å²) in [7, 11) is 0. The molecule has 1 saturated carbocycles. The third kappa shape index (κ3) is 2.28. The lowest BCUT2D eigenvalue weighted by molar-refractivity contribution is -0.0389. The number of ether oxygens (including phenoxy) is 1. The normalized spacial score (nSPS) is 21.4. The number of anilines is 1. The molecule has 3 rings (SSSR count). The molecule has 1 aromatic heterocycles. The van der Waals surface area contributed by atoms with Crippen LogP contribution in [0.15, 0.2) is 0 Å². The summed E-state index contributed by atoms with van der Waals surface area (Å²) in [5.41, 5.74) is -0.423. The fraction of sp³-hybridized carbons (Fsp3) is 0.667. The Labute approximate surface area is 120 Å². The van der Waals surface area contributed by atoms with Gasteiger partial charge in [-0.1, -0.05) is 11.3 Å². The first kappa shape index (κ1) is 13.7. The molecule has 4 N–H and O–H groups in total. The molecule has 0 unspecified atom stereocenters. The summed E-state index contributed by atoms with van der Waals surface area (Å²) < 4.78 is 5.34. The number of morpholine rings is 1. The zero-order valence-corrected chi connectivity index (χ0v) is 11.9. The largest absolute Gasteiger partial charge is 0.389 e. The lowest BCUT2D eigenvalue weighted by atomic mass is 9.81. The summed E-state index contributed by atoms with van der Waals surface area (Å²) in [6.07, 6.45) is 2.45. The second kappa shape index (κ2) is 5.28. The van der Waals surface area contributed by atoms with Crippen LogP contribution in [0.3, 0.4) is 0 Å². The van der Waals surface area contributed by atoms with Crippen molar-refractivity contribution in [2.75, 3.05) is 31.2 Å². The molecule has 0 atom stereocenters. The van der Waals surface area contributed by atoms with E-state index in [1.165, 1.54) is 11.3 Å². The average molecular weight is 298 g/mol. The third-order valence-corrected chi connectivity index (χ3v) is 5.13. The number of rotatable bonds is 3. The lowest BCUT2D eigenvalue weighted by Gasteiger charge is -2.34. The van der Waals surface area contributed by atoms with Gasteiger partial charge in [0.05, 0.1) is 13.2 Å². The first-order chi connectivity index (χ1) is 9.64. The van der Waals surface area contributed by atoms with E-state index in [1.54, 1.807) is 0 Å². The van der Waals surface area contributed by atoms with Gasteiger partial charge in [0, 0.05) is 13.1 Å². The highest BCUT2D eigenvalue weighted by molar-refractivity contribution is 7.16. The second-order valence-corrected chi connectivity index (χ2v) is 6.08. The third-order valence-electron chi connectivity index (χ3n) is 3.82. The van der Waals surface area contributed by atoms with Gasteiger partial charge in [0.1, 0.15) is 15.6 Å². The minimum Gasteiger partial charge on any atom is -0.389 e. The molecule has 1 aliphatic heterocycles. The highest BCUT2D eigenvalue weighted by Crippen LogP contribution is 2.45. The zero-order valence-electron chi connectivity index (χ0n) is 11.1. The molecule has 0 amide bonds. The van der Waals surface area contributed by atoms with Gasteiger partial charge >= 0.3 is 0 Å². The van der Waals surface area contributed by atoms with Gasteiger partial charge in [-0.3, -0.25) is 5.41 Å². The van der Waals surface area contributed by atoms with Crippen LogP contribution in [0.25, 0.3) is 0 Å². The van der Waals surface area contributed by atoms with Crippen molar-refractivity contribution in [2.45, 2.75) is 24.9 Å². The number of nitrogens with zero attached hydrogens (tertiary/aromatic N) is 2. The van der Waals surface area contributed by atoms with Gasteiger partial charge in [0.15, 0.2) is 5.69 Å². The lowest BCUT2D eigenvalue weighted by Crippen LogP contribution is -2.36. The standard InChI is InChI=1S/C12H18N4O3S/c13-9(19-14)8-10(16-4-6-18-7-5-16)20-11(15-8)12(17)2-1-3-12/h13,17H,1-7,14H2. The fourth-order valence-electron chi connectivity index (χ4n) is 2.42. The summed E-state index contributed by atoms with van der Waals surface area (Å²) in [4.78, 5) is 11.0. The Morgan fingerprint density at radius 2 is 2.15 bits per heavy atom. The molecular formula is C12H18N4O3S. The highest BCUT2D eigenvalue weighted by Gasteiger charge is 2.41. The van der Waals surface area contributed by atoms with Crippen molar-refractivity contribution >= 4 is 22.2 Å². The number of nitrogens with two attached hydrogens (primary N) is 1. The van der Waals surface area contributed by atoms with E-state index >= 15 is 0 Å². The van der Waals surface area contributed by atoms with Crippen LogP contribution in [0.2, 0.25) is 0 Å². The van der Waals surface area contributed by atoms with Gasteiger partial charge in [-0.05, 0) is 19.3 Å². The van der Waals surface area contributed by atoms with Crippen LogP contribution in [0.4, 0.5) is 5.00 Å². The van der Waals surface area contributed by atoms with Gasteiger partial charge < -0.3 is 19.6 Å². The van der Waals surface area contributed by atoms with Crippen LogP contribution >= 0.6 is 11.3 Å². The molecule has 2 fully saturated rings. The first-order valence-electron chi connectivity index (χ1n) is 6.66. The minimum atomic E-state index is -0.834. The van der Waals surface area contributed by atoms with Crippen molar-refractivity contribution in [3.63, 3.8) is 0 Å². The van der Waals surface area contributed by atoms with Crippen molar-refractivity contribution in [3.8, 4) is 0 Å². The highest BCUT2D eigenvalue weighted by atomic mass is 32.1. The zero-order chi connectivity index (χ0) is 14.2. The summed E-state index contributed by atoms with van der Waals surface area (Å²) in [6, 6.07) is 0. The number of aromatic nitrogens is 1. The second-order valence-electron chi connectivity index (χ2n) is 5.10. The molecule has 1 aromatic rings. The summed E-state index contributed by atoms with van der Waals surface area (Å²) in [5, 5.41) is 19.7. The quantitative estimate of drug-likeness (QED) is 0.428. The van der Waals surface area contributed by atoms with Crippen LogP contribution in [0.1, 0.15) is 30.0 Å². The maximum atomic E-state index is 10.4. The Morgan fingerprint density at radius 1 is 1.45 bits per heavy atom. The van der Waals surface area contributed by atoms with Crippen LogP contribution < -0.4 is 10.8 Å². The van der Waals surface area contributed by atoms with Gasteiger partial charge in [-0.25, -0.2) is 4.98 Å². The SMILES string of the molecule is N=C(ON)c1nc(C2(O)CCC2)sc1N1CCOCC1. The Bertz CT molecular complexity index is 509. The van der Waals surface area contributed by atoms with E-state index in [4.69, 9.17) is 16.0 Å². The van der Waals surface area contributed by atoms with Crippen LogP contribution in [-0.4, -0.2) is 42.3 Å². The summed E-state index contributed by atoms with van der Waals surface area (Å²) >= 11 is 1.43. The van der Waals surface area contributed by atoms with Crippen molar-refractivity contribution < 1.29 is 14.7 Å². The molecule has 0 spiro atoms. The number of hydrogen-bond acceptors (Lipinski definition) is 8. The minimum absolute atomic E-state index is 0.170. The van der Waals surface area contributed by atoms with Gasteiger partial charge in [0.25, 0.3) is 5.90 Å². The first-order valence-corrected chi connectivity index (χ1v) is 7.48. The topological polar surface area (TPSA) is 105 Å². The molecule has 110 valence electrons. The molecule has 8 heteroatoms. The maximum absolute atomic E-state index is 10.4. The van der Waals surface area contributed by atoms with Crippen molar-refractivity contribution in [2.24, 2.45) is 5.90 Å². The van der Waals surface area contributed by atoms with E-state index in [0.29, 0.717) is 23.9 Å². The molecule has 20 heavy (non-hydrogen) atoms. The molecule has 1 aliphatic carbocycles. The Kier molecular flexibility index (Phi) is 3.63. The Morgan fingerprint density at radius 3 is 2.70 bits per heavy atom. The number of nitrogens with one attached hydrogen (secondary N) is 1. The molecule has 2 heterocycles. The molecule has 0 radical (unpaired) electrons. The van der Waals surface area contributed by atoms with Crippen molar-refractivity contribution in [1.29, 1.82) is 5.41 Å². The fourth-order valence-corrected chi connectivity index (χ4v) is 3.68. The summed E-state index contributed by atoms with van der Waals surface area (Å²) in [6.45, 7) is 2.78. The molecular weight excluding hydrogens is 280 g/mol. The van der Waals surface area contributed by atoms with E-state index in [-0.39, 0.29) is 5.90 Å². The number of hydrogen-bond donors (Lipinski definition) is 3. The van der Waals surface area contributed by atoms with Gasteiger partial charge in [-0.15, -0.1) is 0 Å². The Balaban J connectivity index is 1.95. The van der Waals surface area contributed by atoms with Crippen LogP contribution in [0, 0.1) is 5.41 Å². The van der Waals surface area contributed by atoms with E-state index in [0.717, 1.165) is 37.4 Å². The van der Waals surface area contributed by atoms with E-state index < -0.39 is 5.60 Å². The smallest absolute Gasteiger partial charge is 0.259 e. The maximum Gasteiger partial charge on any atom is 0.259 e. The van der Waals surface area contributed by atoms with Crippen LogP contribution in [-0.2, 0) is 15.2 Å². The Hall–Kier alpha value is -1.22. The van der Waals surface area contributed by atoms with Crippen molar-refractivity contribution in [3.05, 3.63) is 10.7 Å². The van der Waals surface area contributed by atoms with Crippen LogP contribution in [0.5, 0.6) is 0 Å². The van der Waals surface area contributed by atoms with E-state index in [1.807, 2.05) is 0 Å². The van der Waals surface area contributed by atoms with Gasteiger partial charge in [0.2, 0.25) is 0 Å². The molecule has 1 saturated heterocycles. The van der Waals surface area contributed by atoms with Crippen molar-refractivity contribution in [1.82, 2.24) is 4.98 Å². The molecule has 0 aromatic carbocycles.